The molecule has 0 spiro atoms. The number of amides is 1. The van der Waals surface area contributed by atoms with Crippen LogP contribution in [0.15, 0.2) is 48.5 Å². The Morgan fingerprint density at radius 2 is 1.86 bits per heavy atom. The van der Waals surface area contributed by atoms with Crippen LogP contribution in [0.4, 0.5) is 0 Å². The summed E-state index contributed by atoms with van der Waals surface area (Å²) in [5, 5.41) is 9.38. The van der Waals surface area contributed by atoms with Crippen molar-refractivity contribution in [1.82, 2.24) is 4.90 Å². The van der Waals surface area contributed by atoms with Crippen molar-refractivity contribution in [2.24, 2.45) is 0 Å². The van der Waals surface area contributed by atoms with E-state index in [0.717, 1.165) is 36.1 Å². The summed E-state index contributed by atoms with van der Waals surface area (Å²) in [6.07, 6.45) is 5.39. The first-order chi connectivity index (χ1) is 13.8. The normalized spacial score (nSPS) is 17.1. The Bertz CT molecular complexity index is 912. The summed E-state index contributed by atoms with van der Waals surface area (Å²) in [4.78, 5) is 26.0. The molecule has 1 aliphatic rings. The van der Waals surface area contributed by atoms with Gasteiger partial charge < -0.3 is 10.0 Å². The van der Waals surface area contributed by atoms with E-state index in [1.54, 1.807) is 12.1 Å². The quantitative estimate of drug-likeness (QED) is 0.710. The predicted molar refractivity (Wildman–Crippen MR) is 116 cm³/mol. The van der Waals surface area contributed by atoms with Gasteiger partial charge in [-0.3, -0.25) is 4.79 Å². The summed E-state index contributed by atoms with van der Waals surface area (Å²) in [7, 11) is 0. The highest BCUT2D eigenvalue weighted by Gasteiger charge is 2.24. The van der Waals surface area contributed by atoms with Crippen LogP contribution in [0.25, 0.3) is 6.08 Å². The number of nitrogens with zero attached hydrogens (tertiary/aromatic N) is 1. The van der Waals surface area contributed by atoms with Crippen molar-refractivity contribution in [2.45, 2.75) is 45.4 Å². The van der Waals surface area contributed by atoms with E-state index < -0.39 is 5.97 Å². The van der Waals surface area contributed by atoms with Crippen LogP contribution in [0.1, 0.15) is 71.1 Å². The number of aryl methyl sites for hydroxylation is 1. The molecule has 3 rings (SSSR count). The summed E-state index contributed by atoms with van der Waals surface area (Å²) in [6, 6.07) is 13.9. The highest BCUT2D eigenvalue weighted by molar-refractivity contribution is 5.92. The molecule has 1 amide bonds. The topological polar surface area (TPSA) is 57.6 Å². The molecule has 1 aliphatic heterocycles. The number of piperidine rings is 1. The van der Waals surface area contributed by atoms with E-state index in [0.29, 0.717) is 18.0 Å². The van der Waals surface area contributed by atoms with Crippen LogP contribution in [-0.4, -0.2) is 35.0 Å². The van der Waals surface area contributed by atoms with E-state index in [-0.39, 0.29) is 11.8 Å². The van der Waals surface area contributed by atoms with Gasteiger partial charge in [0.2, 0.25) is 5.91 Å². The number of hydrogen-bond donors (Lipinski definition) is 1. The molecular weight excluding hydrogens is 362 g/mol. The van der Waals surface area contributed by atoms with Gasteiger partial charge >= 0.3 is 5.97 Å². The predicted octanol–water partition coefficient (Wildman–Crippen LogP) is 5.24. The van der Waals surface area contributed by atoms with Gasteiger partial charge in [0.15, 0.2) is 0 Å². The van der Waals surface area contributed by atoms with E-state index in [1.807, 2.05) is 42.2 Å². The highest BCUT2D eigenvalue weighted by Crippen LogP contribution is 2.28. The maximum atomic E-state index is 12.7. The summed E-state index contributed by atoms with van der Waals surface area (Å²) in [6.45, 7) is 7.49. The first-order valence-corrected chi connectivity index (χ1v) is 10.3. The highest BCUT2D eigenvalue weighted by atomic mass is 16.4. The minimum absolute atomic E-state index is 0.00760. The number of carboxylic acids is 1. The monoisotopic (exact) mass is 391 g/mol. The molecular formula is C25H29NO3. The van der Waals surface area contributed by atoms with Gasteiger partial charge in [0, 0.05) is 25.1 Å². The van der Waals surface area contributed by atoms with Gasteiger partial charge in [-0.05, 0) is 60.1 Å². The van der Waals surface area contributed by atoms with Crippen molar-refractivity contribution in [3.05, 3.63) is 76.4 Å². The fourth-order valence-corrected chi connectivity index (χ4v) is 3.84. The van der Waals surface area contributed by atoms with Crippen molar-refractivity contribution in [1.29, 1.82) is 0 Å². The SMILES string of the molecule is Cc1ccc(C2CCCN(C(=O)C=Cc3ccc(C(C)C)cc3)C2)cc1C(=O)O. The molecule has 0 aliphatic carbocycles. The van der Waals surface area contributed by atoms with Crippen molar-refractivity contribution in [3.63, 3.8) is 0 Å². The third-order valence-corrected chi connectivity index (χ3v) is 5.72. The lowest BCUT2D eigenvalue weighted by Gasteiger charge is -2.32. The van der Waals surface area contributed by atoms with Crippen LogP contribution in [0.5, 0.6) is 0 Å². The molecule has 0 bridgehead atoms. The molecule has 0 radical (unpaired) electrons. The van der Waals surface area contributed by atoms with Crippen molar-refractivity contribution >= 4 is 18.0 Å². The van der Waals surface area contributed by atoms with E-state index >= 15 is 0 Å². The maximum Gasteiger partial charge on any atom is 0.335 e. The first-order valence-electron chi connectivity index (χ1n) is 10.3. The number of likely N-dealkylation sites (tertiary alicyclic amines) is 1. The number of hydrogen-bond acceptors (Lipinski definition) is 2. The molecule has 4 heteroatoms. The Kier molecular flexibility index (Phi) is 6.53. The number of carbonyl (C=O) groups excluding carboxylic acids is 1. The lowest BCUT2D eigenvalue weighted by atomic mass is 9.88. The van der Waals surface area contributed by atoms with E-state index in [9.17, 15) is 14.7 Å². The molecule has 1 atom stereocenters. The molecule has 1 N–H and O–H groups in total. The van der Waals surface area contributed by atoms with E-state index in [2.05, 4.69) is 26.0 Å². The first kappa shape index (κ1) is 20.8. The summed E-state index contributed by atoms with van der Waals surface area (Å²) >= 11 is 0. The number of carboxylic acid groups (broad SMARTS) is 1. The fourth-order valence-electron chi connectivity index (χ4n) is 3.84. The zero-order chi connectivity index (χ0) is 21.0. The lowest BCUT2D eigenvalue weighted by Crippen LogP contribution is -2.38. The van der Waals surface area contributed by atoms with Gasteiger partial charge in [-0.25, -0.2) is 4.79 Å². The van der Waals surface area contributed by atoms with Crippen LogP contribution >= 0.6 is 0 Å². The maximum absolute atomic E-state index is 12.7. The second-order valence-electron chi connectivity index (χ2n) is 8.16. The van der Waals surface area contributed by atoms with Crippen molar-refractivity contribution < 1.29 is 14.7 Å². The van der Waals surface area contributed by atoms with Gasteiger partial charge in [0.25, 0.3) is 0 Å². The third kappa shape index (κ3) is 5.14. The zero-order valence-electron chi connectivity index (χ0n) is 17.4. The molecule has 1 saturated heterocycles. The molecule has 4 nitrogen and oxygen atoms in total. The molecule has 152 valence electrons. The van der Waals surface area contributed by atoms with Crippen LogP contribution in [0.3, 0.4) is 0 Å². The molecule has 2 aromatic carbocycles. The van der Waals surface area contributed by atoms with Crippen LogP contribution in [-0.2, 0) is 4.79 Å². The average Bonchev–Trinajstić information content (AvgIpc) is 2.72. The second-order valence-corrected chi connectivity index (χ2v) is 8.16. The van der Waals surface area contributed by atoms with Gasteiger partial charge in [-0.2, -0.15) is 0 Å². The Labute approximate surface area is 172 Å². The molecule has 1 heterocycles. The summed E-state index contributed by atoms with van der Waals surface area (Å²) in [5.74, 6) is -0.235. The summed E-state index contributed by atoms with van der Waals surface area (Å²) < 4.78 is 0. The molecule has 1 fully saturated rings. The molecule has 0 aromatic heterocycles. The summed E-state index contributed by atoms with van der Waals surface area (Å²) in [5.41, 5.74) is 4.40. The minimum atomic E-state index is -0.903. The van der Waals surface area contributed by atoms with Crippen molar-refractivity contribution in [3.8, 4) is 0 Å². The van der Waals surface area contributed by atoms with Gasteiger partial charge in [0.05, 0.1) is 5.56 Å². The molecule has 2 aromatic rings. The number of benzene rings is 2. The lowest BCUT2D eigenvalue weighted by molar-refractivity contribution is -0.127. The van der Waals surface area contributed by atoms with Crippen LogP contribution in [0.2, 0.25) is 0 Å². The Morgan fingerprint density at radius 1 is 1.14 bits per heavy atom. The standard InChI is InChI=1S/C25H29NO3/c1-17(2)20-11-7-19(8-12-20)9-13-24(27)26-14-4-5-22(16-26)21-10-6-18(3)23(15-21)25(28)29/h6-13,15,17,22H,4-5,14,16H2,1-3H3,(H,28,29). The van der Waals surface area contributed by atoms with E-state index in [4.69, 9.17) is 0 Å². The van der Waals surface area contributed by atoms with Crippen LogP contribution in [0, 0.1) is 6.92 Å². The number of rotatable bonds is 5. The molecule has 1 unspecified atom stereocenters. The van der Waals surface area contributed by atoms with Gasteiger partial charge in [-0.15, -0.1) is 0 Å². The molecule has 29 heavy (non-hydrogen) atoms. The average molecular weight is 392 g/mol. The number of aromatic carboxylic acids is 1. The number of carbonyl (C=O) groups is 2. The minimum Gasteiger partial charge on any atom is -0.478 e. The molecule has 0 saturated carbocycles. The third-order valence-electron chi connectivity index (χ3n) is 5.72. The fraction of sp³-hybridized carbons (Fsp3) is 0.360. The second kappa shape index (κ2) is 9.08. The van der Waals surface area contributed by atoms with Gasteiger partial charge in [-0.1, -0.05) is 50.2 Å². The van der Waals surface area contributed by atoms with Crippen molar-refractivity contribution in [2.75, 3.05) is 13.1 Å². The Morgan fingerprint density at radius 3 is 2.52 bits per heavy atom. The Balaban J connectivity index is 1.68. The zero-order valence-corrected chi connectivity index (χ0v) is 17.4. The Hall–Kier alpha value is -2.88. The van der Waals surface area contributed by atoms with Gasteiger partial charge in [0.1, 0.15) is 0 Å². The van der Waals surface area contributed by atoms with Crippen LogP contribution < -0.4 is 0 Å². The van der Waals surface area contributed by atoms with E-state index in [1.165, 1.54) is 5.56 Å². The largest absolute Gasteiger partial charge is 0.478 e. The smallest absolute Gasteiger partial charge is 0.335 e.